The number of hydrogen-bond acceptors (Lipinski definition) is 2. The first kappa shape index (κ1) is 13.6. The maximum absolute atomic E-state index is 6.40. The Morgan fingerprint density at radius 2 is 1.56 bits per heavy atom. The molecule has 0 fully saturated rings. The highest BCUT2D eigenvalue weighted by atomic mass is 35.5. The number of benzene rings is 1. The summed E-state index contributed by atoms with van der Waals surface area (Å²) in [6, 6.07) is 6.38. The number of thiophene rings is 1. The Balaban J connectivity index is 2.49. The maximum atomic E-state index is 6.40. The lowest BCUT2D eigenvalue weighted by Crippen LogP contribution is -2.13. The molecule has 1 atom stereocenters. The second kappa shape index (κ2) is 5.04. The lowest BCUT2D eigenvalue weighted by atomic mass is 9.93. The van der Waals surface area contributed by atoms with Gasteiger partial charge in [0.25, 0.3) is 0 Å². The number of halogens is 1. The van der Waals surface area contributed by atoms with E-state index in [2.05, 4.69) is 39.0 Å². The fourth-order valence-corrected chi connectivity index (χ4v) is 3.69. The van der Waals surface area contributed by atoms with Gasteiger partial charge in [0.2, 0.25) is 0 Å². The fraction of sp³-hybridized carbons (Fsp3) is 0.333. The minimum absolute atomic E-state index is 0.0817. The molecule has 1 aromatic heterocycles. The van der Waals surface area contributed by atoms with Crippen LogP contribution >= 0.6 is 22.9 Å². The van der Waals surface area contributed by atoms with Gasteiger partial charge in [-0.25, -0.2) is 0 Å². The highest BCUT2D eigenvalue weighted by molar-refractivity contribution is 7.16. The molecule has 0 aliphatic heterocycles. The number of aryl methyl sites for hydroxylation is 4. The summed E-state index contributed by atoms with van der Waals surface area (Å²) in [5, 5.41) is 0. The van der Waals surface area contributed by atoms with Crippen LogP contribution in [0.1, 0.15) is 38.7 Å². The molecule has 0 bridgehead atoms. The van der Waals surface area contributed by atoms with Crippen molar-refractivity contribution in [1.29, 1.82) is 0 Å². The Hall–Kier alpha value is -0.830. The summed E-state index contributed by atoms with van der Waals surface area (Å²) in [5.41, 5.74) is 12.5. The minimum Gasteiger partial charge on any atom is -0.320 e. The summed E-state index contributed by atoms with van der Waals surface area (Å²) < 4.78 is 0.836. The van der Waals surface area contributed by atoms with Crippen LogP contribution in [-0.4, -0.2) is 0 Å². The van der Waals surface area contributed by atoms with Crippen LogP contribution in [0.25, 0.3) is 0 Å². The van der Waals surface area contributed by atoms with E-state index in [1.165, 1.54) is 22.3 Å². The average Bonchev–Trinajstić information content (AvgIpc) is 2.57. The summed E-state index contributed by atoms with van der Waals surface area (Å²) in [7, 11) is 0. The van der Waals surface area contributed by atoms with E-state index in [1.807, 2.05) is 6.92 Å². The van der Waals surface area contributed by atoms with Crippen LogP contribution in [-0.2, 0) is 0 Å². The first-order valence-electron chi connectivity index (χ1n) is 5.99. The van der Waals surface area contributed by atoms with Crippen molar-refractivity contribution in [2.24, 2.45) is 5.73 Å². The monoisotopic (exact) mass is 279 g/mol. The quantitative estimate of drug-likeness (QED) is 0.848. The third kappa shape index (κ3) is 2.46. The second-order valence-electron chi connectivity index (χ2n) is 4.90. The molecule has 18 heavy (non-hydrogen) atoms. The number of hydrogen-bond donors (Lipinski definition) is 1. The van der Waals surface area contributed by atoms with Crippen molar-refractivity contribution in [3.63, 3.8) is 0 Å². The van der Waals surface area contributed by atoms with Crippen molar-refractivity contribution < 1.29 is 0 Å². The molecule has 1 heterocycles. The van der Waals surface area contributed by atoms with Gasteiger partial charge in [-0.2, -0.15) is 0 Å². The molecule has 2 rings (SSSR count). The molecular formula is C15H18ClNS. The minimum atomic E-state index is -0.0817. The fourth-order valence-electron chi connectivity index (χ4n) is 2.46. The molecule has 0 aliphatic carbocycles. The average molecular weight is 280 g/mol. The molecule has 0 amide bonds. The van der Waals surface area contributed by atoms with Gasteiger partial charge >= 0.3 is 0 Å². The van der Waals surface area contributed by atoms with Crippen molar-refractivity contribution in [1.82, 2.24) is 0 Å². The van der Waals surface area contributed by atoms with Gasteiger partial charge < -0.3 is 5.73 Å². The Bertz CT molecular complexity index is 544. The molecule has 96 valence electrons. The lowest BCUT2D eigenvalue weighted by molar-refractivity contribution is 0.869. The van der Waals surface area contributed by atoms with E-state index in [1.54, 1.807) is 11.3 Å². The van der Waals surface area contributed by atoms with E-state index in [4.69, 9.17) is 17.3 Å². The van der Waals surface area contributed by atoms with E-state index in [0.29, 0.717) is 0 Å². The van der Waals surface area contributed by atoms with Crippen molar-refractivity contribution >= 4 is 22.9 Å². The molecule has 0 spiro atoms. The van der Waals surface area contributed by atoms with Crippen LogP contribution < -0.4 is 5.73 Å². The number of nitrogens with two attached hydrogens (primary N) is 1. The van der Waals surface area contributed by atoms with Gasteiger partial charge in [0.15, 0.2) is 0 Å². The van der Waals surface area contributed by atoms with E-state index in [0.717, 1.165) is 14.8 Å². The van der Waals surface area contributed by atoms with Crippen molar-refractivity contribution in [3.8, 4) is 0 Å². The summed E-state index contributed by atoms with van der Waals surface area (Å²) in [6.45, 7) is 8.37. The third-order valence-corrected chi connectivity index (χ3v) is 4.87. The largest absolute Gasteiger partial charge is 0.320 e. The van der Waals surface area contributed by atoms with E-state index < -0.39 is 0 Å². The molecule has 0 saturated carbocycles. The molecule has 0 radical (unpaired) electrons. The van der Waals surface area contributed by atoms with Gasteiger partial charge in [0.05, 0.1) is 10.4 Å². The van der Waals surface area contributed by atoms with Crippen LogP contribution in [0.15, 0.2) is 18.2 Å². The summed E-state index contributed by atoms with van der Waals surface area (Å²) in [6.07, 6.45) is 0. The second-order valence-corrected chi connectivity index (χ2v) is 6.58. The Morgan fingerprint density at radius 1 is 1.00 bits per heavy atom. The first-order chi connectivity index (χ1) is 8.40. The highest BCUT2D eigenvalue weighted by Gasteiger charge is 2.17. The smallest absolute Gasteiger partial charge is 0.0961 e. The zero-order valence-electron chi connectivity index (χ0n) is 11.2. The van der Waals surface area contributed by atoms with Crippen molar-refractivity contribution in [2.45, 2.75) is 33.7 Å². The zero-order chi connectivity index (χ0) is 13.4. The summed E-state index contributed by atoms with van der Waals surface area (Å²) in [4.78, 5) is 1.13. The molecule has 1 nitrogen and oxygen atoms in total. The molecular weight excluding hydrogens is 262 g/mol. The van der Waals surface area contributed by atoms with Gasteiger partial charge in [-0.15, -0.1) is 11.3 Å². The van der Waals surface area contributed by atoms with Gasteiger partial charge in [-0.1, -0.05) is 29.3 Å². The van der Waals surface area contributed by atoms with E-state index in [9.17, 15) is 0 Å². The predicted molar refractivity (Wildman–Crippen MR) is 80.7 cm³/mol. The Morgan fingerprint density at radius 3 is 2.00 bits per heavy atom. The summed E-state index contributed by atoms with van der Waals surface area (Å²) in [5.74, 6) is 0. The first-order valence-corrected chi connectivity index (χ1v) is 7.18. The molecule has 0 aliphatic rings. The Kier molecular flexibility index (Phi) is 3.81. The van der Waals surface area contributed by atoms with Gasteiger partial charge in [-0.3, -0.25) is 0 Å². The van der Waals surface area contributed by atoms with Crippen LogP contribution in [0.3, 0.4) is 0 Å². The predicted octanol–water partition coefficient (Wildman–Crippen LogP) is 4.68. The lowest BCUT2D eigenvalue weighted by Gasteiger charge is -2.17. The van der Waals surface area contributed by atoms with Crippen LogP contribution in [0.4, 0.5) is 0 Å². The third-order valence-electron chi connectivity index (χ3n) is 3.23. The zero-order valence-corrected chi connectivity index (χ0v) is 12.7. The molecule has 0 saturated heterocycles. The molecule has 2 aromatic rings. The van der Waals surface area contributed by atoms with Crippen LogP contribution in [0, 0.1) is 27.7 Å². The standard InChI is InChI=1S/C15H18ClNS/c1-8-5-9(2)13(10(3)6-8)14(17)12-7-11(4)15(16)18-12/h5-7,14H,17H2,1-4H3. The molecule has 1 aromatic carbocycles. The van der Waals surface area contributed by atoms with Crippen molar-refractivity contribution in [2.75, 3.05) is 0 Å². The topological polar surface area (TPSA) is 26.0 Å². The number of rotatable bonds is 2. The van der Waals surface area contributed by atoms with Crippen LogP contribution in [0.5, 0.6) is 0 Å². The highest BCUT2D eigenvalue weighted by Crippen LogP contribution is 2.35. The molecule has 1 unspecified atom stereocenters. The molecule has 3 heteroatoms. The van der Waals surface area contributed by atoms with Gasteiger partial charge in [-0.05, 0) is 56.0 Å². The van der Waals surface area contributed by atoms with E-state index in [-0.39, 0.29) is 6.04 Å². The van der Waals surface area contributed by atoms with E-state index >= 15 is 0 Å². The Labute approximate surface area is 118 Å². The van der Waals surface area contributed by atoms with Gasteiger partial charge in [0, 0.05) is 4.88 Å². The maximum Gasteiger partial charge on any atom is 0.0961 e. The summed E-state index contributed by atoms with van der Waals surface area (Å²) >= 11 is 7.71. The van der Waals surface area contributed by atoms with Gasteiger partial charge in [0.1, 0.15) is 0 Å². The SMILES string of the molecule is Cc1cc(C)c(C(N)c2cc(C)c(Cl)s2)c(C)c1. The van der Waals surface area contributed by atoms with Crippen molar-refractivity contribution in [3.05, 3.63) is 55.2 Å². The van der Waals surface area contributed by atoms with Crippen LogP contribution in [0.2, 0.25) is 4.34 Å². The normalized spacial score (nSPS) is 12.8. The molecule has 2 N–H and O–H groups in total.